The van der Waals surface area contributed by atoms with Crippen LogP contribution in [0.4, 0.5) is 0 Å². The fraction of sp³-hybridized carbons (Fsp3) is 0.455. The minimum absolute atomic E-state index is 0.542. The van der Waals surface area contributed by atoms with Crippen LogP contribution in [0.3, 0.4) is 0 Å². The van der Waals surface area contributed by atoms with Gasteiger partial charge in [0.15, 0.2) is 0 Å². The summed E-state index contributed by atoms with van der Waals surface area (Å²) < 4.78 is 0. The molecule has 0 radical (unpaired) electrons. The van der Waals surface area contributed by atoms with Crippen LogP contribution < -0.4 is 5.32 Å². The summed E-state index contributed by atoms with van der Waals surface area (Å²) in [4.78, 5) is 0. The molecule has 2 atom stereocenters. The number of hydrogen-bond donors (Lipinski definition) is 1. The molecular formula is C11H15NS. The fourth-order valence-corrected chi connectivity index (χ4v) is 2.82. The SMILES string of the molecule is CC1SCCNC1c1ccccc1. The molecule has 0 aromatic heterocycles. The van der Waals surface area contributed by atoms with E-state index in [0.717, 1.165) is 6.54 Å². The molecule has 2 rings (SSSR count). The van der Waals surface area contributed by atoms with Crippen LogP contribution in [-0.2, 0) is 0 Å². The number of hydrogen-bond acceptors (Lipinski definition) is 2. The molecule has 1 aliphatic rings. The Hall–Kier alpha value is -0.470. The lowest BCUT2D eigenvalue weighted by atomic mass is 10.0. The van der Waals surface area contributed by atoms with Crippen molar-refractivity contribution in [2.45, 2.75) is 18.2 Å². The molecule has 1 fully saturated rings. The average Bonchev–Trinajstić information content (AvgIpc) is 2.20. The maximum absolute atomic E-state index is 3.56. The van der Waals surface area contributed by atoms with Gasteiger partial charge in [0, 0.05) is 23.6 Å². The lowest BCUT2D eigenvalue weighted by Crippen LogP contribution is -2.35. The van der Waals surface area contributed by atoms with E-state index in [1.807, 2.05) is 0 Å². The summed E-state index contributed by atoms with van der Waals surface area (Å²) in [5, 5.41) is 4.26. The number of rotatable bonds is 1. The number of thioether (sulfide) groups is 1. The standard InChI is InChI=1S/C11H15NS/c1-9-11(12-7-8-13-9)10-5-3-2-4-6-10/h2-6,9,11-12H,7-8H2,1H3. The second-order valence-corrected chi connectivity index (χ2v) is 4.90. The zero-order valence-corrected chi connectivity index (χ0v) is 8.68. The van der Waals surface area contributed by atoms with Gasteiger partial charge in [-0.15, -0.1) is 0 Å². The first-order valence-corrected chi connectivity index (χ1v) is 5.83. The molecule has 1 N–H and O–H groups in total. The van der Waals surface area contributed by atoms with E-state index in [-0.39, 0.29) is 0 Å². The highest BCUT2D eigenvalue weighted by molar-refractivity contribution is 8.00. The van der Waals surface area contributed by atoms with Crippen LogP contribution in [0.15, 0.2) is 30.3 Å². The van der Waals surface area contributed by atoms with Gasteiger partial charge in [0.25, 0.3) is 0 Å². The largest absolute Gasteiger partial charge is 0.308 e. The lowest BCUT2D eigenvalue weighted by molar-refractivity contribution is 0.535. The van der Waals surface area contributed by atoms with Crippen LogP contribution in [0.1, 0.15) is 18.5 Å². The molecular weight excluding hydrogens is 178 g/mol. The van der Waals surface area contributed by atoms with Gasteiger partial charge in [-0.2, -0.15) is 11.8 Å². The van der Waals surface area contributed by atoms with Crippen molar-refractivity contribution in [3.63, 3.8) is 0 Å². The topological polar surface area (TPSA) is 12.0 Å². The van der Waals surface area contributed by atoms with Crippen LogP contribution in [0.5, 0.6) is 0 Å². The van der Waals surface area contributed by atoms with E-state index < -0.39 is 0 Å². The summed E-state index contributed by atoms with van der Waals surface area (Å²) in [6.07, 6.45) is 0. The summed E-state index contributed by atoms with van der Waals surface area (Å²) >= 11 is 2.06. The monoisotopic (exact) mass is 193 g/mol. The van der Waals surface area contributed by atoms with E-state index in [1.54, 1.807) is 0 Å². The molecule has 0 spiro atoms. The highest BCUT2D eigenvalue weighted by Gasteiger charge is 2.21. The Balaban J connectivity index is 2.15. The number of benzene rings is 1. The molecule has 2 heteroatoms. The van der Waals surface area contributed by atoms with Crippen LogP contribution in [0.25, 0.3) is 0 Å². The van der Waals surface area contributed by atoms with Crippen LogP contribution in [-0.4, -0.2) is 17.5 Å². The molecule has 0 amide bonds. The van der Waals surface area contributed by atoms with E-state index in [9.17, 15) is 0 Å². The summed E-state index contributed by atoms with van der Waals surface area (Å²) in [6, 6.07) is 11.3. The van der Waals surface area contributed by atoms with Gasteiger partial charge >= 0.3 is 0 Å². The van der Waals surface area contributed by atoms with Gasteiger partial charge in [0.05, 0.1) is 0 Å². The van der Waals surface area contributed by atoms with E-state index in [1.165, 1.54) is 11.3 Å². The van der Waals surface area contributed by atoms with Gasteiger partial charge in [-0.1, -0.05) is 37.3 Å². The van der Waals surface area contributed by atoms with Crippen molar-refractivity contribution >= 4 is 11.8 Å². The first-order valence-electron chi connectivity index (χ1n) is 4.78. The normalized spacial score (nSPS) is 28.7. The van der Waals surface area contributed by atoms with Gasteiger partial charge in [-0.25, -0.2) is 0 Å². The Morgan fingerprint density at radius 1 is 1.31 bits per heavy atom. The highest BCUT2D eigenvalue weighted by Crippen LogP contribution is 2.28. The first-order chi connectivity index (χ1) is 6.38. The quantitative estimate of drug-likeness (QED) is 0.735. The van der Waals surface area contributed by atoms with Crippen molar-refractivity contribution in [2.24, 2.45) is 0 Å². The second-order valence-electron chi connectivity index (χ2n) is 3.42. The minimum Gasteiger partial charge on any atom is -0.308 e. The molecule has 1 nitrogen and oxygen atoms in total. The zero-order valence-electron chi connectivity index (χ0n) is 7.86. The Labute approximate surface area is 83.9 Å². The van der Waals surface area contributed by atoms with Gasteiger partial charge in [0.2, 0.25) is 0 Å². The fourth-order valence-electron chi connectivity index (χ4n) is 1.77. The molecule has 0 aliphatic carbocycles. The smallest absolute Gasteiger partial charge is 0.0438 e. The maximum atomic E-state index is 3.56. The Morgan fingerprint density at radius 3 is 2.77 bits per heavy atom. The summed E-state index contributed by atoms with van der Waals surface area (Å²) in [7, 11) is 0. The molecule has 1 saturated heterocycles. The van der Waals surface area contributed by atoms with Gasteiger partial charge < -0.3 is 5.32 Å². The molecule has 0 bridgehead atoms. The summed E-state index contributed by atoms with van der Waals surface area (Å²) in [6.45, 7) is 3.43. The minimum atomic E-state index is 0.542. The molecule has 1 aromatic carbocycles. The van der Waals surface area contributed by atoms with Crippen molar-refractivity contribution in [3.05, 3.63) is 35.9 Å². The average molecular weight is 193 g/mol. The van der Waals surface area contributed by atoms with Gasteiger partial charge in [-0.05, 0) is 5.56 Å². The van der Waals surface area contributed by atoms with Crippen LogP contribution >= 0.6 is 11.8 Å². The first kappa shape index (κ1) is 9.10. The molecule has 1 aliphatic heterocycles. The van der Waals surface area contributed by atoms with E-state index in [2.05, 4.69) is 54.3 Å². The Kier molecular flexibility index (Phi) is 2.91. The third kappa shape index (κ3) is 2.06. The van der Waals surface area contributed by atoms with Crippen molar-refractivity contribution in [1.82, 2.24) is 5.32 Å². The lowest BCUT2D eigenvalue weighted by Gasteiger charge is -2.29. The van der Waals surface area contributed by atoms with Crippen molar-refractivity contribution < 1.29 is 0 Å². The van der Waals surface area contributed by atoms with Crippen molar-refractivity contribution in [2.75, 3.05) is 12.3 Å². The predicted molar refractivity (Wildman–Crippen MR) is 59.1 cm³/mol. The Morgan fingerprint density at radius 2 is 2.08 bits per heavy atom. The molecule has 13 heavy (non-hydrogen) atoms. The molecule has 70 valence electrons. The van der Waals surface area contributed by atoms with Crippen LogP contribution in [0.2, 0.25) is 0 Å². The zero-order chi connectivity index (χ0) is 9.10. The predicted octanol–water partition coefficient (Wildman–Crippen LogP) is 2.45. The van der Waals surface area contributed by atoms with E-state index in [0.29, 0.717) is 11.3 Å². The molecule has 2 unspecified atom stereocenters. The molecule has 1 heterocycles. The Bertz CT molecular complexity index is 260. The third-order valence-corrected chi connectivity index (χ3v) is 3.71. The van der Waals surface area contributed by atoms with Gasteiger partial charge in [-0.3, -0.25) is 0 Å². The van der Waals surface area contributed by atoms with Crippen molar-refractivity contribution in [3.8, 4) is 0 Å². The number of nitrogens with one attached hydrogen (secondary N) is 1. The third-order valence-electron chi connectivity index (χ3n) is 2.48. The van der Waals surface area contributed by atoms with Gasteiger partial charge in [0.1, 0.15) is 0 Å². The summed E-state index contributed by atoms with van der Waals surface area (Å²) in [5.41, 5.74) is 1.42. The van der Waals surface area contributed by atoms with Crippen molar-refractivity contribution in [1.29, 1.82) is 0 Å². The van der Waals surface area contributed by atoms with Crippen LogP contribution in [0, 0.1) is 0 Å². The molecule has 0 saturated carbocycles. The second kappa shape index (κ2) is 4.16. The summed E-state index contributed by atoms with van der Waals surface area (Å²) in [5.74, 6) is 1.24. The van der Waals surface area contributed by atoms with E-state index >= 15 is 0 Å². The highest BCUT2D eigenvalue weighted by atomic mass is 32.2. The molecule has 1 aromatic rings. The maximum Gasteiger partial charge on any atom is 0.0438 e. The van der Waals surface area contributed by atoms with E-state index in [4.69, 9.17) is 0 Å².